The van der Waals surface area contributed by atoms with Crippen LogP contribution >= 0.6 is 0 Å². The van der Waals surface area contributed by atoms with Crippen LogP contribution < -0.4 is 20.7 Å². The molecule has 1 fully saturated rings. The number of nitrogens with zero attached hydrogens (tertiary/aromatic N) is 2. The first kappa shape index (κ1) is 19.4. The minimum atomic E-state index is -0.308. The number of halogens is 1. The van der Waals surface area contributed by atoms with Gasteiger partial charge in [0, 0.05) is 29.4 Å². The topological polar surface area (TPSA) is 71.1 Å². The number of aromatic nitrogens is 2. The molecular formula is C22H26FN5O. The largest absolute Gasteiger partial charge is 0.488 e. The predicted molar refractivity (Wildman–Crippen MR) is 114 cm³/mol. The first-order chi connectivity index (χ1) is 14.1. The van der Waals surface area contributed by atoms with Crippen LogP contribution in [0.15, 0.2) is 42.6 Å². The SMILES string of the molecule is CC(C)Nc1cc2cnc(Nc3cccc(F)c3)nc2cc1OC1CCNCC1. The predicted octanol–water partition coefficient (Wildman–Crippen LogP) is 4.46. The van der Waals surface area contributed by atoms with Gasteiger partial charge in [-0.1, -0.05) is 6.07 Å². The van der Waals surface area contributed by atoms with Crippen molar-refractivity contribution in [3.63, 3.8) is 0 Å². The zero-order chi connectivity index (χ0) is 20.2. The molecule has 3 aromatic rings. The molecule has 0 radical (unpaired) electrons. The molecule has 1 aromatic heterocycles. The van der Waals surface area contributed by atoms with Gasteiger partial charge in [-0.25, -0.2) is 14.4 Å². The van der Waals surface area contributed by atoms with E-state index in [1.54, 1.807) is 18.3 Å². The van der Waals surface area contributed by atoms with E-state index >= 15 is 0 Å². The summed E-state index contributed by atoms with van der Waals surface area (Å²) in [5, 5.41) is 10.8. The van der Waals surface area contributed by atoms with E-state index in [0.717, 1.165) is 48.3 Å². The lowest BCUT2D eigenvalue weighted by atomic mass is 10.1. The van der Waals surface area contributed by atoms with E-state index in [9.17, 15) is 4.39 Å². The molecule has 6 nitrogen and oxygen atoms in total. The summed E-state index contributed by atoms with van der Waals surface area (Å²) in [7, 11) is 0. The summed E-state index contributed by atoms with van der Waals surface area (Å²) in [5.41, 5.74) is 2.33. The maximum Gasteiger partial charge on any atom is 0.227 e. The van der Waals surface area contributed by atoms with E-state index in [-0.39, 0.29) is 18.0 Å². The Bertz CT molecular complexity index is 988. The molecule has 0 atom stereocenters. The Morgan fingerprint density at radius 3 is 2.76 bits per heavy atom. The second kappa shape index (κ2) is 8.61. The van der Waals surface area contributed by atoms with Crippen LogP contribution in [0.1, 0.15) is 26.7 Å². The van der Waals surface area contributed by atoms with Crippen LogP contribution in [0.25, 0.3) is 10.9 Å². The zero-order valence-electron chi connectivity index (χ0n) is 16.7. The van der Waals surface area contributed by atoms with Crippen LogP contribution in [-0.4, -0.2) is 35.2 Å². The van der Waals surface area contributed by atoms with Crippen molar-refractivity contribution in [1.29, 1.82) is 0 Å². The molecule has 0 unspecified atom stereocenters. The van der Waals surface area contributed by atoms with E-state index < -0.39 is 0 Å². The molecule has 1 saturated heterocycles. The number of anilines is 3. The quantitative estimate of drug-likeness (QED) is 0.572. The fraction of sp³-hybridized carbons (Fsp3) is 0.364. The van der Waals surface area contributed by atoms with Crippen molar-refractivity contribution in [2.75, 3.05) is 23.7 Å². The fourth-order valence-corrected chi connectivity index (χ4v) is 3.43. The third kappa shape index (κ3) is 4.92. The van der Waals surface area contributed by atoms with Crippen molar-refractivity contribution in [2.24, 2.45) is 0 Å². The molecule has 152 valence electrons. The lowest BCUT2D eigenvalue weighted by molar-refractivity contribution is 0.163. The maximum absolute atomic E-state index is 13.4. The summed E-state index contributed by atoms with van der Waals surface area (Å²) in [5.74, 6) is 0.909. The van der Waals surface area contributed by atoms with E-state index in [1.165, 1.54) is 12.1 Å². The highest BCUT2D eigenvalue weighted by atomic mass is 19.1. The number of hydrogen-bond donors (Lipinski definition) is 3. The Balaban J connectivity index is 1.65. The van der Waals surface area contributed by atoms with E-state index in [4.69, 9.17) is 4.74 Å². The standard InChI is InChI=1S/C22H26FN5O/c1-14(2)26-20-10-15-13-25-22(27-17-5-3-4-16(23)11-17)28-19(15)12-21(20)29-18-6-8-24-9-7-18/h3-5,10-14,18,24,26H,6-9H2,1-2H3,(H,25,27,28). The molecule has 7 heteroatoms. The molecule has 29 heavy (non-hydrogen) atoms. The molecule has 0 amide bonds. The fourth-order valence-electron chi connectivity index (χ4n) is 3.43. The van der Waals surface area contributed by atoms with Gasteiger partial charge in [0.1, 0.15) is 17.7 Å². The highest BCUT2D eigenvalue weighted by molar-refractivity contribution is 5.86. The molecule has 3 N–H and O–H groups in total. The van der Waals surface area contributed by atoms with Crippen LogP contribution in [0, 0.1) is 5.82 Å². The Labute approximate surface area is 169 Å². The third-order valence-corrected chi connectivity index (χ3v) is 4.79. The monoisotopic (exact) mass is 395 g/mol. The highest BCUT2D eigenvalue weighted by Gasteiger charge is 2.18. The molecule has 0 aliphatic carbocycles. The highest BCUT2D eigenvalue weighted by Crippen LogP contribution is 2.32. The summed E-state index contributed by atoms with van der Waals surface area (Å²) in [6, 6.07) is 10.5. The summed E-state index contributed by atoms with van der Waals surface area (Å²) in [4.78, 5) is 8.99. The van der Waals surface area contributed by atoms with Crippen LogP contribution in [0.2, 0.25) is 0 Å². The van der Waals surface area contributed by atoms with Crippen molar-refractivity contribution in [3.05, 3.63) is 48.4 Å². The van der Waals surface area contributed by atoms with E-state index in [0.29, 0.717) is 11.6 Å². The summed E-state index contributed by atoms with van der Waals surface area (Å²) >= 11 is 0. The Kier molecular flexibility index (Phi) is 5.76. The number of piperidine rings is 1. The van der Waals surface area contributed by atoms with Crippen molar-refractivity contribution in [2.45, 2.75) is 38.8 Å². The molecule has 0 spiro atoms. The molecule has 2 aromatic carbocycles. The number of hydrogen-bond acceptors (Lipinski definition) is 6. The molecule has 2 heterocycles. The molecule has 1 aliphatic heterocycles. The second-order valence-electron chi connectivity index (χ2n) is 7.60. The Morgan fingerprint density at radius 1 is 1.17 bits per heavy atom. The zero-order valence-corrected chi connectivity index (χ0v) is 16.7. The van der Waals surface area contributed by atoms with Gasteiger partial charge in [0.15, 0.2) is 0 Å². The van der Waals surface area contributed by atoms with Crippen LogP contribution in [0.5, 0.6) is 5.75 Å². The van der Waals surface area contributed by atoms with Gasteiger partial charge in [-0.15, -0.1) is 0 Å². The number of benzene rings is 2. The van der Waals surface area contributed by atoms with Crippen molar-refractivity contribution < 1.29 is 9.13 Å². The first-order valence-electron chi connectivity index (χ1n) is 10.0. The van der Waals surface area contributed by atoms with Crippen LogP contribution in [0.4, 0.5) is 21.7 Å². The second-order valence-corrected chi connectivity index (χ2v) is 7.60. The Morgan fingerprint density at radius 2 is 2.00 bits per heavy atom. The first-order valence-corrected chi connectivity index (χ1v) is 10.0. The maximum atomic E-state index is 13.4. The molecular weight excluding hydrogens is 369 g/mol. The summed E-state index contributed by atoms with van der Waals surface area (Å²) in [6.07, 6.45) is 3.92. The molecule has 0 saturated carbocycles. The third-order valence-electron chi connectivity index (χ3n) is 4.79. The van der Waals surface area contributed by atoms with Gasteiger partial charge >= 0.3 is 0 Å². The van der Waals surface area contributed by atoms with E-state index in [1.807, 2.05) is 12.1 Å². The van der Waals surface area contributed by atoms with E-state index in [2.05, 4.69) is 39.8 Å². The number of ether oxygens (including phenoxy) is 1. The normalized spacial score (nSPS) is 14.9. The molecule has 1 aliphatic rings. The van der Waals surface area contributed by atoms with Gasteiger partial charge in [-0.05, 0) is 64.0 Å². The van der Waals surface area contributed by atoms with Crippen LogP contribution in [0.3, 0.4) is 0 Å². The van der Waals surface area contributed by atoms with Crippen molar-refractivity contribution in [1.82, 2.24) is 15.3 Å². The van der Waals surface area contributed by atoms with Gasteiger partial charge < -0.3 is 20.7 Å². The average molecular weight is 395 g/mol. The lowest BCUT2D eigenvalue weighted by Gasteiger charge is -2.26. The number of rotatable bonds is 6. The smallest absolute Gasteiger partial charge is 0.227 e. The molecule has 0 bridgehead atoms. The van der Waals surface area contributed by atoms with Gasteiger partial charge in [-0.2, -0.15) is 0 Å². The average Bonchev–Trinajstić information content (AvgIpc) is 2.69. The minimum absolute atomic E-state index is 0.188. The van der Waals surface area contributed by atoms with Gasteiger partial charge in [0.05, 0.1) is 11.2 Å². The number of nitrogens with one attached hydrogen (secondary N) is 3. The summed E-state index contributed by atoms with van der Waals surface area (Å²) in [6.45, 7) is 6.13. The summed E-state index contributed by atoms with van der Waals surface area (Å²) < 4.78 is 19.8. The molecule has 4 rings (SSSR count). The van der Waals surface area contributed by atoms with Crippen molar-refractivity contribution >= 4 is 28.2 Å². The minimum Gasteiger partial charge on any atom is -0.488 e. The van der Waals surface area contributed by atoms with Crippen LogP contribution in [-0.2, 0) is 0 Å². The van der Waals surface area contributed by atoms with Gasteiger partial charge in [0.2, 0.25) is 5.95 Å². The number of fused-ring (bicyclic) bond motifs is 1. The van der Waals surface area contributed by atoms with Crippen molar-refractivity contribution in [3.8, 4) is 5.75 Å². The van der Waals surface area contributed by atoms with Gasteiger partial charge in [-0.3, -0.25) is 0 Å². The Hall–Kier alpha value is -2.93. The van der Waals surface area contributed by atoms with Gasteiger partial charge in [0.25, 0.3) is 0 Å². The lowest BCUT2D eigenvalue weighted by Crippen LogP contribution is -2.34.